The van der Waals surface area contributed by atoms with Crippen LogP contribution in [0.3, 0.4) is 0 Å². The zero-order valence-electron chi connectivity index (χ0n) is 8.56. The average molecular weight is 227 g/mol. The van der Waals surface area contributed by atoms with Crippen molar-refractivity contribution in [2.24, 2.45) is 5.73 Å². The molecule has 2 heterocycles. The van der Waals surface area contributed by atoms with Crippen molar-refractivity contribution in [3.05, 3.63) is 23.0 Å². The Morgan fingerprint density at radius 3 is 3.00 bits per heavy atom. The summed E-state index contributed by atoms with van der Waals surface area (Å²) in [5, 5.41) is 8.29. The van der Waals surface area contributed by atoms with Crippen molar-refractivity contribution in [2.45, 2.75) is 25.4 Å². The Balaban J connectivity index is 1.93. The third-order valence-corrected chi connectivity index (χ3v) is 2.82. The number of likely N-dealkylation sites (tertiary alicyclic amines) is 1. The van der Waals surface area contributed by atoms with E-state index in [0.717, 1.165) is 31.7 Å². The highest BCUT2D eigenvalue weighted by molar-refractivity contribution is 6.29. The minimum Gasteiger partial charge on any atom is -0.327 e. The molecule has 0 aromatic carbocycles. The molecule has 0 radical (unpaired) electrons. The predicted octanol–water partition coefficient (Wildman–Crippen LogP) is 1.05. The van der Waals surface area contributed by atoms with E-state index in [2.05, 4.69) is 15.1 Å². The second-order valence-corrected chi connectivity index (χ2v) is 4.37. The first kappa shape index (κ1) is 10.8. The van der Waals surface area contributed by atoms with E-state index in [-0.39, 0.29) is 0 Å². The number of hydrogen-bond donors (Lipinski definition) is 1. The van der Waals surface area contributed by atoms with Crippen LogP contribution in [0.15, 0.2) is 12.1 Å². The van der Waals surface area contributed by atoms with Gasteiger partial charge in [-0.15, -0.1) is 5.10 Å². The molecule has 5 heteroatoms. The first-order valence-corrected chi connectivity index (χ1v) is 5.58. The maximum Gasteiger partial charge on any atom is 0.151 e. The molecule has 1 fully saturated rings. The lowest BCUT2D eigenvalue weighted by Gasteiger charge is -2.30. The highest BCUT2D eigenvalue weighted by atomic mass is 35.5. The largest absolute Gasteiger partial charge is 0.327 e. The average Bonchev–Trinajstić information content (AvgIpc) is 2.22. The molecule has 0 saturated carbocycles. The normalized spacial score (nSPS) is 22.9. The van der Waals surface area contributed by atoms with Crippen LogP contribution in [0.1, 0.15) is 18.5 Å². The fraction of sp³-hybridized carbons (Fsp3) is 0.600. The molecule has 0 amide bonds. The number of hydrogen-bond acceptors (Lipinski definition) is 4. The summed E-state index contributed by atoms with van der Waals surface area (Å²) in [5.74, 6) is 0. The van der Waals surface area contributed by atoms with Crippen LogP contribution in [0.25, 0.3) is 0 Å². The number of rotatable bonds is 2. The molecular weight excluding hydrogens is 212 g/mol. The quantitative estimate of drug-likeness (QED) is 0.819. The Hall–Kier alpha value is -0.710. The van der Waals surface area contributed by atoms with E-state index >= 15 is 0 Å². The van der Waals surface area contributed by atoms with Gasteiger partial charge in [0.15, 0.2) is 5.15 Å². The molecule has 1 aliphatic heterocycles. The molecule has 1 aromatic heterocycles. The molecular formula is C10H15ClN4. The van der Waals surface area contributed by atoms with Crippen LogP contribution in [0, 0.1) is 0 Å². The van der Waals surface area contributed by atoms with E-state index in [0.29, 0.717) is 11.2 Å². The van der Waals surface area contributed by atoms with Gasteiger partial charge < -0.3 is 5.73 Å². The topological polar surface area (TPSA) is 55.0 Å². The maximum atomic E-state index is 5.90. The zero-order chi connectivity index (χ0) is 10.7. The second kappa shape index (κ2) is 4.88. The summed E-state index contributed by atoms with van der Waals surface area (Å²) in [7, 11) is 0. The minimum atomic E-state index is 0.305. The van der Waals surface area contributed by atoms with E-state index in [1.54, 1.807) is 6.07 Å². The molecule has 2 N–H and O–H groups in total. The lowest BCUT2D eigenvalue weighted by Crippen LogP contribution is -2.42. The minimum absolute atomic E-state index is 0.305. The lowest BCUT2D eigenvalue weighted by atomic mass is 10.1. The van der Waals surface area contributed by atoms with Crippen molar-refractivity contribution in [2.75, 3.05) is 13.1 Å². The van der Waals surface area contributed by atoms with E-state index in [4.69, 9.17) is 17.3 Å². The lowest BCUT2D eigenvalue weighted by molar-refractivity contribution is 0.199. The first-order chi connectivity index (χ1) is 7.24. The summed E-state index contributed by atoms with van der Waals surface area (Å²) in [6, 6.07) is 3.99. The molecule has 1 atom stereocenters. The van der Waals surface area contributed by atoms with E-state index in [9.17, 15) is 0 Å². The first-order valence-electron chi connectivity index (χ1n) is 5.20. The molecule has 0 bridgehead atoms. The van der Waals surface area contributed by atoms with Gasteiger partial charge >= 0.3 is 0 Å². The summed E-state index contributed by atoms with van der Waals surface area (Å²) in [6.07, 6.45) is 2.30. The molecule has 15 heavy (non-hydrogen) atoms. The number of halogens is 1. The van der Waals surface area contributed by atoms with Gasteiger partial charge in [0.1, 0.15) is 0 Å². The Morgan fingerprint density at radius 1 is 1.47 bits per heavy atom. The SMILES string of the molecule is N[C@H]1CCCN(Cc2ccc(Cl)nn2)C1. The fourth-order valence-corrected chi connectivity index (χ4v) is 1.99. The summed E-state index contributed by atoms with van der Waals surface area (Å²) in [6.45, 7) is 2.86. The molecule has 1 aromatic rings. The van der Waals surface area contributed by atoms with Crippen LogP contribution >= 0.6 is 11.6 Å². The van der Waals surface area contributed by atoms with Gasteiger partial charge in [0.2, 0.25) is 0 Å². The van der Waals surface area contributed by atoms with Gasteiger partial charge in [0, 0.05) is 19.1 Å². The van der Waals surface area contributed by atoms with Crippen LogP contribution in [-0.4, -0.2) is 34.2 Å². The smallest absolute Gasteiger partial charge is 0.151 e. The van der Waals surface area contributed by atoms with Gasteiger partial charge in [-0.1, -0.05) is 11.6 Å². The molecule has 0 aliphatic carbocycles. The molecule has 1 aliphatic rings. The van der Waals surface area contributed by atoms with Crippen molar-refractivity contribution in [3.8, 4) is 0 Å². The van der Waals surface area contributed by atoms with Crippen molar-refractivity contribution >= 4 is 11.6 Å². The van der Waals surface area contributed by atoms with Gasteiger partial charge in [-0.25, -0.2) is 0 Å². The number of piperidine rings is 1. The standard InChI is InChI=1S/C10H15ClN4/c11-10-4-3-9(13-14-10)7-15-5-1-2-8(12)6-15/h3-4,8H,1-2,5-7,12H2/t8-/m0/s1. The Kier molecular flexibility index (Phi) is 3.51. The summed E-state index contributed by atoms with van der Waals surface area (Å²) in [5.41, 5.74) is 6.86. The highest BCUT2D eigenvalue weighted by Gasteiger charge is 2.16. The van der Waals surface area contributed by atoms with Crippen LogP contribution in [0.4, 0.5) is 0 Å². The molecule has 0 spiro atoms. The maximum absolute atomic E-state index is 5.90. The second-order valence-electron chi connectivity index (χ2n) is 3.98. The number of nitrogens with two attached hydrogens (primary N) is 1. The van der Waals surface area contributed by atoms with Crippen molar-refractivity contribution in [3.63, 3.8) is 0 Å². The van der Waals surface area contributed by atoms with Crippen molar-refractivity contribution < 1.29 is 0 Å². The monoisotopic (exact) mass is 226 g/mol. The predicted molar refractivity (Wildman–Crippen MR) is 59.5 cm³/mol. The van der Waals surface area contributed by atoms with E-state index < -0.39 is 0 Å². The number of nitrogens with zero attached hydrogens (tertiary/aromatic N) is 3. The highest BCUT2D eigenvalue weighted by Crippen LogP contribution is 2.11. The van der Waals surface area contributed by atoms with Crippen molar-refractivity contribution in [1.29, 1.82) is 0 Å². The molecule has 2 rings (SSSR count). The summed E-state index contributed by atoms with van der Waals surface area (Å²) in [4.78, 5) is 2.31. The Labute approximate surface area is 94.4 Å². The van der Waals surface area contributed by atoms with Crippen LogP contribution in [-0.2, 0) is 6.54 Å². The molecule has 0 unspecified atom stereocenters. The Morgan fingerprint density at radius 2 is 2.33 bits per heavy atom. The van der Waals surface area contributed by atoms with E-state index in [1.807, 2.05) is 6.07 Å². The van der Waals surface area contributed by atoms with E-state index in [1.165, 1.54) is 6.42 Å². The summed E-state index contributed by atoms with van der Waals surface area (Å²) < 4.78 is 0. The third kappa shape index (κ3) is 3.12. The fourth-order valence-electron chi connectivity index (χ4n) is 1.89. The molecule has 82 valence electrons. The van der Waals surface area contributed by atoms with Crippen LogP contribution in [0.2, 0.25) is 5.15 Å². The van der Waals surface area contributed by atoms with Crippen molar-refractivity contribution in [1.82, 2.24) is 15.1 Å². The summed E-state index contributed by atoms with van der Waals surface area (Å²) >= 11 is 5.67. The van der Waals surface area contributed by atoms with Gasteiger partial charge in [-0.2, -0.15) is 5.10 Å². The number of aromatic nitrogens is 2. The molecule has 4 nitrogen and oxygen atoms in total. The van der Waals surface area contributed by atoms with Gasteiger partial charge in [0.05, 0.1) is 5.69 Å². The van der Waals surface area contributed by atoms with Gasteiger partial charge in [-0.3, -0.25) is 4.90 Å². The van der Waals surface area contributed by atoms with Gasteiger partial charge in [-0.05, 0) is 31.5 Å². The molecule has 1 saturated heterocycles. The third-order valence-electron chi connectivity index (χ3n) is 2.61. The van der Waals surface area contributed by atoms with Crippen LogP contribution < -0.4 is 5.73 Å². The zero-order valence-corrected chi connectivity index (χ0v) is 9.32. The van der Waals surface area contributed by atoms with Gasteiger partial charge in [0.25, 0.3) is 0 Å². The van der Waals surface area contributed by atoms with Crippen LogP contribution in [0.5, 0.6) is 0 Å². The Bertz CT molecular complexity index is 314.